The number of nitrogens with zero attached hydrogens (tertiary/aromatic N) is 1. The predicted octanol–water partition coefficient (Wildman–Crippen LogP) is 0.585. The molecule has 0 aromatic carbocycles. The van der Waals surface area contributed by atoms with Crippen LogP contribution in [0.5, 0.6) is 0 Å². The molecule has 17 heavy (non-hydrogen) atoms. The van der Waals surface area contributed by atoms with E-state index in [0.29, 0.717) is 12.1 Å². The summed E-state index contributed by atoms with van der Waals surface area (Å²) in [6, 6.07) is 1.03. The van der Waals surface area contributed by atoms with Crippen molar-refractivity contribution >= 4 is 5.91 Å². The summed E-state index contributed by atoms with van der Waals surface area (Å²) in [5.41, 5.74) is 0. The molecular weight excluding hydrogens is 214 g/mol. The minimum absolute atomic E-state index is 0.203. The lowest BCUT2D eigenvalue weighted by Gasteiger charge is -2.34. The van der Waals surface area contributed by atoms with Gasteiger partial charge in [-0.25, -0.2) is 0 Å². The zero-order valence-electron chi connectivity index (χ0n) is 11.0. The summed E-state index contributed by atoms with van der Waals surface area (Å²) in [4.78, 5) is 14.3. The molecule has 3 unspecified atom stereocenters. The van der Waals surface area contributed by atoms with Crippen LogP contribution in [0.25, 0.3) is 0 Å². The van der Waals surface area contributed by atoms with Crippen molar-refractivity contribution in [2.45, 2.75) is 44.2 Å². The minimum Gasteiger partial charge on any atom is -0.353 e. The first-order chi connectivity index (χ1) is 8.16. The van der Waals surface area contributed by atoms with E-state index in [-0.39, 0.29) is 11.8 Å². The number of nitrogens with one attached hydrogen (secondary N) is 2. The van der Waals surface area contributed by atoms with E-state index in [2.05, 4.69) is 29.6 Å². The maximum atomic E-state index is 12.0. The third-order valence-corrected chi connectivity index (χ3v) is 4.15. The van der Waals surface area contributed by atoms with Crippen molar-refractivity contribution in [1.82, 2.24) is 15.5 Å². The lowest BCUT2D eigenvalue weighted by molar-refractivity contribution is -0.125. The molecule has 2 fully saturated rings. The van der Waals surface area contributed by atoms with Gasteiger partial charge in [0.1, 0.15) is 0 Å². The highest BCUT2D eigenvalue weighted by molar-refractivity contribution is 5.79. The fourth-order valence-corrected chi connectivity index (χ4v) is 2.96. The molecule has 4 nitrogen and oxygen atoms in total. The van der Waals surface area contributed by atoms with Crippen LogP contribution in [0.4, 0.5) is 0 Å². The Labute approximate surface area is 104 Å². The van der Waals surface area contributed by atoms with Crippen molar-refractivity contribution in [3.63, 3.8) is 0 Å². The van der Waals surface area contributed by atoms with Gasteiger partial charge in [-0.1, -0.05) is 0 Å². The van der Waals surface area contributed by atoms with Gasteiger partial charge in [0.2, 0.25) is 5.91 Å². The molecule has 1 aliphatic heterocycles. The third kappa shape index (κ3) is 3.42. The SMILES string of the molecule is CN(C)C1CCCC(NC(=O)C2CCNC2)C1. The first kappa shape index (κ1) is 12.8. The first-order valence-electron chi connectivity index (χ1n) is 6.84. The summed E-state index contributed by atoms with van der Waals surface area (Å²) in [6.45, 7) is 1.85. The van der Waals surface area contributed by atoms with Gasteiger partial charge in [0.25, 0.3) is 0 Å². The van der Waals surface area contributed by atoms with Crippen LogP contribution < -0.4 is 10.6 Å². The summed E-state index contributed by atoms with van der Waals surface area (Å²) >= 11 is 0. The number of hydrogen-bond acceptors (Lipinski definition) is 3. The van der Waals surface area contributed by atoms with Crippen LogP contribution in [-0.4, -0.2) is 50.1 Å². The summed E-state index contributed by atoms with van der Waals surface area (Å²) in [5.74, 6) is 0.467. The highest BCUT2D eigenvalue weighted by Crippen LogP contribution is 2.22. The molecular formula is C13H25N3O. The normalized spacial score (nSPS) is 33.9. The van der Waals surface area contributed by atoms with Crippen molar-refractivity contribution in [1.29, 1.82) is 0 Å². The zero-order valence-corrected chi connectivity index (χ0v) is 11.0. The van der Waals surface area contributed by atoms with Crippen molar-refractivity contribution in [2.75, 3.05) is 27.2 Å². The van der Waals surface area contributed by atoms with Crippen molar-refractivity contribution in [3.8, 4) is 0 Å². The summed E-state index contributed by atoms with van der Waals surface area (Å²) in [7, 11) is 4.27. The minimum atomic E-state index is 0.203. The Hall–Kier alpha value is -0.610. The van der Waals surface area contributed by atoms with Crippen LogP contribution in [0.3, 0.4) is 0 Å². The molecule has 1 saturated carbocycles. The average Bonchev–Trinajstić information content (AvgIpc) is 2.82. The molecule has 1 amide bonds. The molecule has 1 heterocycles. The Morgan fingerprint density at radius 1 is 1.29 bits per heavy atom. The maximum Gasteiger partial charge on any atom is 0.224 e. The van der Waals surface area contributed by atoms with E-state index < -0.39 is 0 Å². The number of amides is 1. The quantitative estimate of drug-likeness (QED) is 0.757. The second-order valence-corrected chi connectivity index (χ2v) is 5.68. The largest absolute Gasteiger partial charge is 0.353 e. The Balaban J connectivity index is 1.79. The van der Waals surface area contributed by atoms with Gasteiger partial charge in [0, 0.05) is 18.6 Å². The van der Waals surface area contributed by atoms with Crippen LogP contribution in [0.1, 0.15) is 32.1 Å². The van der Waals surface area contributed by atoms with E-state index in [1.165, 1.54) is 12.8 Å². The molecule has 1 aliphatic carbocycles. The molecule has 0 spiro atoms. The molecule has 0 aromatic rings. The second-order valence-electron chi connectivity index (χ2n) is 5.68. The number of hydrogen-bond donors (Lipinski definition) is 2. The molecule has 4 heteroatoms. The number of carbonyl (C=O) groups is 1. The Morgan fingerprint density at radius 3 is 2.76 bits per heavy atom. The van der Waals surface area contributed by atoms with Gasteiger partial charge in [0.15, 0.2) is 0 Å². The molecule has 2 aliphatic rings. The van der Waals surface area contributed by atoms with E-state index in [1.807, 2.05) is 0 Å². The van der Waals surface area contributed by atoms with E-state index in [0.717, 1.165) is 32.4 Å². The summed E-state index contributed by atoms with van der Waals surface area (Å²) in [5, 5.41) is 6.49. The molecule has 1 saturated heterocycles. The number of carbonyl (C=O) groups excluding carboxylic acids is 1. The van der Waals surface area contributed by atoms with E-state index >= 15 is 0 Å². The van der Waals surface area contributed by atoms with Gasteiger partial charge in [-0.15, -0.1) is 0 Å². The number of rotatable bonds is 3. The van der Waals surface area contributed by atoms with E-state index in [4.69, 9.17) is 0 Å². The highest BCUT2D eigenvalue weighted by atomic mass is 16.2. The van der Waals surface area contributed by atoms with Gasteiger partial charge >= 0.3 is 0 Å². The average molecular weight is 239 g/mol. The predicted molar refractivity (Wildman–Crippen MR) is 68.9 cm³/mol. The standard InChI is InChI=1S/C13H25N3O/c1-16(2)12-5-3-4-11(8-12)15-13(17)10-6-7-14-9-10/h10-12,14H,3-9H2,1-2H3,(H,15,17). The molecule has 3 atom stereocenters. The van der Waals surface area contributed by atoms with Crippen LogP contribution in [0.2, 0.25) is 0 Å². The van der Waals surface area contributed by atoms with Crippen molar-refractivity contribution in [3.05, 3.63) is 0 Å². The molecule has 2 rings (SSSR count). The van der Waals surface area contributed by atoms with Gasteiger partial charge in [-0.2, -0.15) is 0 Å². The fraction of sp³-hybridized carbons (Fsp3) is 0.923. The highest BCUT2D eigenvalue weighted by Gasteiger charge is 2.28. The van der Waals surface area contributed by atoms with E-state index in [1.54, 1.807) is 0 Å². The van der Waals surface area contributed by atoms with Gasteiger partial charge in [0.05, 0.1) is 5.92 Å². The maximum absolute atomic E-state index is 12.0. The second kappa shape index (κ2) is 5.83. The first-order valence-corrected chi connectivity index (χ1v) is 6.84. The Bertz CT molecular complexity index is 261. The third-order valence-electron chi connectivity index (χ3n) is 4.15. The van der Waals surface area contributed by atoms with Gasteiger partial charge in [-0.05, 0) is 52.7 Å². The fourth-order valence-electron chi connectivity index (χ4n) is 2.96. The lowest BCUT2D eigenvalue weighted by atomic mass is 9.90. The molecule has 0 radical (unpaired) electrons. The molecule has 0 bridgehead atoms. The topological polar surface area (TPSA) is 44.4 Å². The van der Waals surface area contributed by atoms with Crippen LogP contribution in [0.15, 0.2) is 0 Å². The van der Waals surface area contributed by atoms with Crippen molar-refractivity contribution < 1.29 is 4.79 Å². The zero-order chi connectivity index (χ0) is 12.3. The van der Waals surface area contributed by atoms with Gasteiger partial charge in [-0.3, -0.25) is 4.79 Å². The smallest absolute Gasteiger partial charge is 0.224 e. The van der Waals surface area contributed by atoms with E-state index in [9.17, 15) is 4.79 Å². The Morgan fingerprint density at radius 2 is 2.12 bits per heavy atom. The lowest BCUT2D eigenvalue weighted by Crippen LogP contribution is -2.45. The monoisotopic (exact) mass is 239 g/mol. The molecule has 2 N–H and O–H groups in total. The van der Waals surface area contributed by atoms with Crippen LogP contribution in [0, 0.1) is 5.92 Å². The molecule has 0 aromatic heterocycles. The summed E-state index contributed by atoms with van der Waals surface area (Å²) < 4.78 is 0. The van der Waals surface area contributed by atoms with Crippen molar-refractivity contribution in [2.24, 2.45) is 5.92 Å². The molecule has 98 valence electrons. The summed E-state index contributed by atoms with van der Waals surface area (Å²) in [6.07, 6.45) is 5.76. The van der Waals surface area contributed by atoms with Gasteiger partial charge < -0.3 is 15.5 Å². The Kier molecular flexibility index (Phi) is 4.40. The van der Waals surface area contributed by atoms with Crippen LogP contribution in [-0.2, 0) is 4.79 Å². The van der Waals surface area contributed by atoms with Crippen LogP contribution >= 0.6 is 0 Å².